The Hall–Kier alpha value is -6.51. The molecule has 2 fully saturated rings. The van der Waals surface area contributed by atoms with Gasteiger partial charge < -0.3 is 38.8 Å². The molecule has 10 rings (SSSR count). The molecule has 0 atom stereocenters. The molecule has 374 valence electrons. The summed E-state index contributed by atoms with van der Waals surface area (Å²) in [6, 6.07) is 18.3. The van der Waals surface area contributed by atoms with Crippen molar-refractivity contribution in [1.29, 1.82) is 0 Å². The number of hydrogen-bond acceptors (Lipinski definition) is 8. The number of rotatable bonds is 13. The standard InChI is InChI=1S/C24H22ClF2N5O2.C18H15BrClF2N3O2.C6H8N2.CH3F/c1-14(2)32-13-29-19-9-16(10-21(22(19)32)31-11-20(28-12-31)15-3-4-15)23(33)30-17-5-7-18(8-6-17)34-24(25,26)27;1-10(2)25-9-23-15-8-11(7-14(19)16(15)25)17(26)24-12-3-5-13(6-4-12)27-18(20,21)22;1-2-5(1)6-3-7-4-8-6;1-2/h5-15H,3-4H2,1-2H3,(H,30,33);3-10H,1-2H3,(H,24,26);3-5H,1-2H2,(H,7,8);1H3/i;;;1D. The summed E-state index contributed by atoms with van der Waals surface area (Å²) in [5.74, 6) is 0.375. The van der Waals surface area contributed by atoms with Crippen LogP contribution in [0.15, 0.2) is 115 Å². The molecular weight excluding hydrogens is 1040 g/mol. The van der Waals surface area contributed by atoms with Gasteiger partial charge in [0.05, 0.1) is 67.3 Å². The van der Waals surface area contributed by atoms with Crippen molar-refractivity contribution < 1.29 is 42.4 Å². The van der Waals surface area contributed by atoms with Crippen molar-refractivity contribution in [2.75, 3.05) is 17.8 Å². The third-order valence-electron chi connectivity index (χ3n) is 11.0. The van der Waals surface area contributed by atoms with Crippen LogP contribution >= 0.6 is 39.1 Å². The molecule has 0 radical (unpaired) electrons. The zero-order chi connectivity index (χ0) is 51.9. The molecule has 4 aromatic carbocycles. The Kier molecular flexibility index (Phi) is 16.0. The summed E-state index contributed by atoms with van der Waals surface area (Å²) in [4.78, 5) is 46.0. The average Bonchev–Trinajstić information content (AvgIpc) is 4.07. The summed E-state index contributed by atoms with van der Waals surface area (Å²) in [6.45, 7) is 8.23. The van der Waals surface area contributed by atoms with Crippen LogP contribution in [0.5, 0.6) is 11.5 Å². The number of alkyl halides is 7. The number of anilines is 2. The van der Waals surface area contributed by atoms with E-state index >= 15 is 0 Å². The predicted molar refractivity (Wildman–Crippen MR) is 266 cm³/mol. The number of ether oxygens (including phenoxy) is 2. The van der Waals surface area contributed by atoms with Crippen molar-refractivity contribution in [3.05, 3.63) is 137 Å². The fraction of sp³-hybridized carbons (Fsp3) is 0.306. The first-order valence-corrected chi connectivity index (χ1v) is 23.6. The summed E-state index contributed by atoms with van der Waals surface area (Å²) < 4.78 is 81.6. The fourth-order valence-electron chi connectivity index (χ4n) is 7.34. The summed E-state index contributed by atoms with van der Waals surface area (Å²) in [5, 5.41) is 5.48. The van der Waals surface area contributed by atoms with Crippen molar-refractivity contribution in [3.8, 4) is 17.2 Å². The Morgan fingerprint density at radius 2 is 1.23 bits per heavy atom. The van der Waals surface area contributed by atoms with Gasteiger partial charge >= 0.3 is 11.1 Å². The molecule has 0 saturated heterocycles. The van der Waals surface area contributed by atoms with E-state index in [4.69, 9.17) is 24.6 Å². The molecule has 14 nitrogen and oxygen atoms in total. The Balaban J connectivity index is 0.000000177. The summed E-state index contributed by atoms with van der Waals surface area (Å²) >= 11 is 13.0. The maximum atomic E-state index is 13.1. The molecule has 22 heteroatoms. The van der Waals surface area contributed by atoms with Gasteiger partial charge in [0.25, 0.3) is 11.8 Å². The van der Waals surface area contributed by atoms with E-state index in [1.807, 2.05) is 41.4 Å². The van der Waals surface area contributed by atoms with Crippen LogP contribution in [0.1, 0.15) is 111 Å². The fourth-order valence-corrected chi connectivity index (χ4v) is 8.18. The number of amides is 2. The topological polar surface area (TPSA) is 159 Å². The van der Waals surface area contributed by atoms with Crippen LogP contribution in [-0.4, -0.2) is 68.7 Å². The Morgan fingerprint density at radius 3 is 1.68 bits per heavy atom. The quantitative estimate of drug-likeness (QED) is 0.0760. The lowest BCUT2D eigenvalue weighted by molar-refractivity contribution is -0.0972. The highest BCUT2D eigenvalue weighted by atomic mass is 79.9. The number of carbonyl (C=O) groups excluding carboxylic acids is 2. The van der Waals surface area contributed by atoms with Crippen LogP contribution in [0, 0.1) is 0 Å². The molecule has 4 heterocycles. The second-order valence-electron chi connectivity index (χ2n) is 17.0. The lowest BCUT2D eigenvalue weighted by Gasteiger charge is -2.14. The van der Waals surface area contributed by atoms with E-state index < -0.39 is 18.3 Å². The number of benzene rings is 4. The van der Waals surface area contributed by atoms with E-state index in [-0.39, 0.29) is 35.4 Å². The predicted octanol–water partition coefficient (Wildman–Crippen LogP) is 13.8. The van der Waals surface area contributed by atoms with E-state index in [1.165, 1.54) is 67.1 Å². The Labute approximate surface area is 424 Å². The molecule has 0 bridgehead atoms. The maximum Gasteiger partial charge on any atom is 0.487 e. The SMILES string of the molecule is CC(C)n1cnc2cc(C(=O)Nc3ccc(OC(F)(F)Cl)cc3)cc(-n3cnc(C4CC4)c3)c21.CC(C)n1cnc2cc(C(=O)Nc3ccc(OC(F)(F)Cl)cc3)cc(Br)c21.[2H]CF.c1ncc(C2CC2)[nH]1. The summed E-state index contributed by atoms with van der Waals surface area (Å²) in [6.07, 6.45) is 15.9. The van der Waals surface area contributed by atoms with Gasteiger partial charge in [-0.3, -0.25) is 14.0 Å². The number of H-pyrrole nitrogens is 1. The van der Waals surface area contributed by atoms with Crippen LogP contribution < -0.4 is 20.1 Å². The molecule has 2 amide bonds. The van der Waals surface area contributed by atoms with E-state index in [0.29, 0.717) is 39.5 Å². The molecular formula is C49H48BrCl2F5N10O4. The monoisotopic (exact) mass is 1090 g/mol. The minimum Gasteiger partial charge on any atom is -0.420 e. The van der Waals surface area contributed by atoms with Crippen LogP contribution in [-0.2, 0) is 0 Å². The molecule has 8 aromatic rings. The van der Waals surface area contributed by atoms with E-state index in [0.717, 1.165) is 45.6 Å². The van der Waals surface area contributed by atoms with Gasteiger partial charge in [-0.25, -0.2) is 19.9 Å². The van der Waals surface area contributed by atoms with E-state index in [2.05, 4.69) is 79.4 Å². The number of nitrogens with zero attached hydrogens (tertiary/aromatic N) is 7. The molecule has 4 aromatic heterocycles. The highest BCUT2D eigenvalue weighted by molar-refractivity contribution is 9.10. The first kappa shape index (κ1) is 50.9. The molecule has 71 heavy (non-hydrogen) atoms. The Bertz CT molecular complexity index is 3100. The zero-order valence-electron chi connectivity index (χ0n) is 39.5. The minimum atomic E-state index is -3.80. The highest BCUT2D eigenvalue weighted by Gasteiger charge is 2.29. The Morgan fingerprint density at radius 1 is 0.746 bits per heavy atom. The second kappa shape index (κ2) is 22.3. The molecule has 3 N–H and O–H groups in total. The third-order valence-corrected chi connectivity index (χ3v) is 11.8. The van der Waals surface area contributed by atoms with Crippen LogP contribution in [0.3, 0.4) is 0 Å². The van der Waals surface area contributed by atoms with Crippen LogP contribution in [0.25, 0.3) is 27.8 Å². The van der Waals surface area contributed by atoms with Gasteiger partial charge in [0.2, 0.25) is 0 Å². The van der Waals surface area contributed by atoms with Gasteiger partial charge in [0.15, 0.2) is 0 Å². The van der Waals surface area contributed by atoms with Gasteiger partial charge in [-0.15, -0.1) is 17.6 Å². The van der Waals surface area contributed by atoms with Gasteiger partial charge in [-0.2, -0.15) is 0 Å². The van der Waals surface area contributed by atoms with Crippen molar-refractivity contribution in [3.63, 3.8) is 0 Å². The third kappa shape index (κ3) is 13.9. The average molecular weight is 1090 g/mol. The lowest BCUT2D eigenvalue weighted by atomic mass is 10.1. The smallest absolute Gasteiger partial charge is 0.420 e. The second-order valence-corrected chi connectivity index (χ2v) is 18.7. The molecule has 2 aliphatic rings. The minimum absolute atomic E-state index is 0.114. The number of fused-ring (bicyclic) bond motifs is 2. The largest absolute Gasteiger partial charge is 0.487 e. The number of halogens is 8. The number of imidazole rings is 4. The first-order chi connectivity index (χ1) is 34.2. The van der Waals surface area contributed by atoms with Crippen molar-refractivity contribution in [2.45, 2.75) is 88.4 Å². The van der Waals surface area contributed by atoms with E-state index in [1.54, 1.807) is 43.5 Å². The molecule has 0 aliphatic heterocycles. The number of hydrogen-bond donors (Lipinski definition) is 3. The summed E-state index contributed by atoms with van der Waals surface area (Å²) in [5.41, 5.74) is 0.436. The maximum absolute atomic E-state index is 13.1. The van der Waals surface area contributed by atoms with Gasteiger partial charge in [-0.1, -0.05) is 0 Å². The van der Waals surface area contributed by atoms with Crippen molar-refractivity contribution in [2.24, 2.45) is 0 Å². The molecule has 0 unspecified atom stereocenters. The number of aromatic amines is 1. The number of carbonyl (C=O) groups is 2. The normalized spacial score (nSPS) is 13.6. The molecule has 2 saturated carbocycles. The molecule has 2 aliphatic carbocycles. The van der Waals surface area contributed by atoms with Crippen molar-refractivity contribution >= 4 is 84.4 Å². The van der Waals surface area contributed by atoms with E-state index in [9.17, 15) is 31.5 Å². The zero-order valence-corrected chi connectivity index (χ0v) is 41.6. The van der Waals surface area contributed by atoms with Crippen molar-refractivity contribution in [1.82, 2.24) is 38.6 Å². The number of nitrogens with one attached hydrogen (secondary N) is 3. The van der Waals surface area contributed by atoms with Gasteiger partial charge in [0, 0.05) is 92.2 Å². The summed E-state index contributed by atoms with van der Waals surface area (Å²) in [7, 11) is -1.00. The first-order valence-electron chi connectivity index (χ1n) is 22.8. The van der Waals surface area contributed by atoms with Crippen LogP contribution in [0.4, 0.5) is 33.3 Å². The van der Waals surface area contributed by atoms with Crippen LogP contribution in [0.2, 0.25) is 0 Å². The highest BCUT2D eigenvalue weighted by Crippen LogP contribution is 2.40. The number of aromatic nitrogens is 8. The lowest BCUT2D eigenvalue weighted by Crippen LogP contribution is -2.16. The van der Waals surface area contributed by atoms with Gasteiger partial charge in [-0.05, 0) is 142 Å². The van der Waals surface area contributed by atoms with Gasteiger partial charge in [0.1, 0.15) is 11.5 Å². The molecule has 0 spiro atoms.